The van der Waals surface area contributed by atoms with Gasteiger partial charge in [0.25, 0.3) is 0 Å². The summed E-state index contributed by atoms with van der Waals surface area (Å²) in [7, 11) is 0. The molecule has 8 nitrogen and oxygen atoms in total. The number of primary amides is 1. The van der Waals surface area contributed by atoms with Gasteiger partial charge in [-0.2, -0.15) is 0 Å². The van der Waals surface area contributed by atoms with Crippen LogP contribution in [0.5, 0.6) is 0 Å². The van der Waals surface area contributed by atoms with Gasteiger partial charge in [-0.05, 0) is 62.8 Å². The van der Waals surface area contributed by atoms with Crippen molar-refractivity contribution in [3.8, 4) is 0 Å². The molecule has 2 aromatic rings. The predicted molar refractivity (Wildman–Crippen MR) is 115 cm³/mol. The maximum absolute atomic E-state index is 12.5. The Morgan fingerprint density at radius 1 is 1.16 bits per heavy atom. The van der Waals surface area contributed by atoms with Crippen molar-refractivity contribution < 1.29 is 14.7 Å². The first-order chi connectivity index (χ1) is 14.8. The fourth-order valence-electron chi connectivity index (χ4n) is 5.24. The molecule has 2 aliphatic heterocycles. The van der Waals surface area contributed by atoms with Gasteiger partial charge in [-0.3, -0.25) is 24.6 Å². The van der Waals surface area contributed by atoms with Gasteiger partial charge in [-0.25, -0.2) is 4.79 Å². The van der Waals surface area contributed by atoms with Crippen molar-refractivity contribution in [2.45, 2.75) is 70.2 Å². The second-order valence-electron chi connectivity index (χ2n) is 8.77. The zero-order valence-corrected chi connectivity index (χ0v) is 18.0. The number of aryl methyl sites for hydroxylation is 2. The van der Waals surface area contributed by atoms with Crippen LogP contribution in [0, 0.1) is 13.8 Å². The van der Waals surface area contributed by atoms with E-state index in [1.807, 2.05) is 38.1 Å². The lowest BCUT2D eigenvalue weighted by molar-refractivity contribution is -0.132. The monoisotopic (exact) mass is 423 g/mol. The van der Waals surface area contributed by atoms with Crippen LogP contribution in [0.15, 0.2) is 36.7 Å². The van der Waals surface area contributed by atoms with Crippen LogP contribution in [0.3, 0.4) is 0 Å². The largest absolute Gasteiger partial charge is 0.465 e. The zero-order valence-electron chi connectivity index (χ0n) is 18.0. The molecular formula is C23H29N5O3. The van der Waals surface area contributed by atoms with Crippen LogP contribution < -0.4 is 5.73 Å². The fraction of sp³-hybridized carbons (Fsp3) is 0.478. The Hall–Kier alpha value is -3.00. The number of carboxylic acid groups (broad SMARTS) is 1. The van der Waals surface area contributed by atoms with E-state index in [0.29, 0.717) is 38.8 Å². The fourth-order valence-corrected chi connectivity index (χ4v) is 5.24. The van der Waals surface area contributed by atoms with Gasteiger partial charge >= 0.3 is 6.09 Å². The van der Waals surface area contributed by atoms with E-state index in [-0.39, 0.29) is 12.1 Å². The third kappa shape index (κ3) is 3.87. The third-order valence-electron chi connectivity index (χ3n) is 6.96. The molecule has 2 fully saturated rings. The molecular weight excluding hydrogens is 394 g/mol. The maximum atomic E-state index is 12.5. The Balaban J connectivity index is 1.68. The number of amides is 2. The molecule has 0 radical (unpaired) electrons. The van der Waals surface area contributed by atoms with Crippen molar-refractivity contribution in [3.05, 3.63) is 59.2 Å². The highest BCUT2D eigenvalue weighted by atomic mass is 16.4. The molecule has 0 saturated carbocycles. The standard InChI is InChI=1S/C23H29N5O3/c1-15-5-3-9-25-19(15)13-27(14-20-16(2)6-4-10-26-20)18-11-17-7-8-23(12-18,21(24)29)28(17)22(30)31/h3-6,9-10,17-18H,7-8,11-14H2,1-2H3,(H2,24,29)(H,30,31). The van der Waals surface area contributed by atoms with E-state index < -0.39 is 17.5 Å². The molecule has 4 rings (SSSR count). The number of hydrogen-bond donors (Lipinski definition) is 2. The van der Waals surface area contributed by atoms with Crippen molar-refractivity contribution in [3.63, 3.8) is 0 Å². The Kier molecular flexibility index (Phi) is 5.66. The summed E-state index contributed by atoms with van der Waals surface area (Å²) in [6, 6.07) is 7.70. The van der Waals surface area contributed by atoms with Crippen molar-refractivity contribution in [2.24, 2.45) is 5.73 Å². The van der Waals surface area contributed by atoms with Gasteiger partial charge < -0.3 is 10.8 Å². The van der Waals surface area contributed by atoms with Gasteiger partial charge in [0.1, 0.15) is 5.54 Å². The first-order valence-electron chi connectivity index (χ1n) is 10.7. The molecule has 2 amide bonds. The minimum Gasteiger partial charge on any atom is -0.465 e. The minimum atomic E-state index is -1.14. The van der Waals surface area contributed by atoms with Crippen LogP contribution in [0.2, 0.25) is 0 Å². The van der Waals surface area contributed by atoms with Gasteiger partial charge in [0.15, 0.2) is 0 Å². The number of nitrogens with zero attached hydrogens (tertiary/aromatic N) is 4. The quantitative estimate of drug-likeness (QED) is 0.739. The SMILES string of the molecule is Cc1cccnc1CN(Cc1ncccc1C)C1CC2CCC(C(N)=O)(C1)N2C(=O)O. The van der Waals surface area contributed by atoms with E-state index >= 15 is 0 Å². The first-order valence-corrected chi connectivity index (χ1v) is 10.7. The summed E-state index contributed by atoms with van der Waals surface area (Å²) >= 11 is 0. The number of hydrogen-bond acceptors (Lipinski definition) is 5. The van der Waals surface area contributed by atoms with Gasteiger partial charge in [-0.1, -0.05) is 12.1 Å². The summed E-state index contributed by atoms with van der Waals surface area (Å²) in [6.07, 6.45) is 4.71. The van der Waals surface area contributed by atoms with Crippen molar-refractivity contribution in [1.82, 2.24) is 19.8 Å². The van der Waals surface area contributed by atoms with Gasteiger partial charge in [-0.15, -0.1) is 0 Å². The number of aromatic nitrogens is 2. The molecule has 2 aromatic heterocycles. The van der Waals surface area contributed by atoms with Gasteiger partial charge in [0.2, 0.25) is 5.91 Å². The summed E-state index contributed by atoms with van der Waals surface area (Å²) in [5, 5.41) is 9.79. The lowest BCUT2D eigenvalue weighted by atomic mass is 9.84. The number of carbonyl (C=O) groups excluding carboxylic acids is 1. The Labute approximate surface area is 182 Å². The van der Waals surface area contributed by atoms with Crippen molar-refractivity contribution in [1.29, 1.82) is 0 Å². The topological polar surface area (TPSA) is 113 Å². The number of fused-ring (bicyclic) bond motifs is 2. The molecule has 2 bridgehead atoms. The number of piperidine rings is 1. The molecule has 2 aliphatic rings. The zero-order chi connectivity index (χ0) is 22.2. The molecule has 2 saturated heterocycles. The number of carbonyl (C=O) groups is 2. The van der Waals surface area contributed by atoms with Crippen LogP contribution in [-0.2, 0) is 17.9 Å². The summed E-state index contributed by atoms with van der Waals surface area (Å²) in [5.41, 5.74) is 8.79. The lowest BCUT2D eigenvalue weighted by Gasteiger charge is -2.47. The van der Waals surface area contributed by atoms with E-state index in [1.54, 1.807) is 12.4 Å². The second-order valence-corrected chi connectivity index (χ2v) is 8.77. The van der Waals surface area contributed by atoms with E-state index in [9.17, 15) is 14.7 Å². The molecule has 4 heterocycles. The van der Waals surface area contributed by atoms with E-state index in [0.717, 1.165) is 22.5 Å². The first kappa shape index (κ1) is 21.2. The molecule has 0 aliphatic carbocycles. The number of rotatable bonds is 6. The highest BCUT2D eigenvalue weighted by molar-refractivity contribution is 5.89. The van der Waals surface area contributed by atoms with Crippen LogP contribution in [0.1, 0.15) is 48.2 Å². The average Bonchev–Trinajstić information content (AvgIpc) is 2.99. The highest BCUT2D eigenvalue weighted by Crippen LogP contribution is 2.46. The minimum absolute atomic E-state index is 0.00147. The summed E-state index contributed by atoms with van der Waals surface area (Å²) in [6.45, 7) is 5.27. The molecule has 3 unspecified atom stereocenters. The maximum Gasteiger partial charge on any atom is 0.408 e. The molecule has 3 atom stereocenters. The van der Waals surface area contributed by atoms with Crippen LogP contribution in [-0.4, -0.2) is 54.5 Å². The number of pyridine rings is 2. The summed E-state index contributed by atoms with van der Waals surface area (Å²) in [5.74, 6) is -0.551. The molecule has 0 spiro atoms. The Morgan fingerprint density at radius 2 is 1.74 bits per heavy atom. The molecule has 3 N–H and O–H groups in total. The lowest BCUT2D eigenvalue weighted by Crippen LogP contribution is -2.64. The molecule has 0 aromatic carbocycles. The molecule has 31 heavy (non-hydrogen) atoms. The predicted octanol–water partition coefficient (Wildman–Crippen LogP) is 2.62. The van der Waals surface area contributed by atoms with Crippen LogP contribution >= 0.6 is 0 Å². The molecule has 8 heteroatoms. The van der Waals surface area contributed by atoms with Crippen LogP contribution in [0.4, 0.5) is 4.79 Å². The van der Waals surface area contributed by atoms with Crippen molar-refractivity contribution in [2.75, 3.05) is 0 Å². The van der Waals surface area contributed by atoms with E-state index in [1.165, 1.54) is 4.90 Å². The normalized spacial score (nSPS) is 25.1. The molecule has 164 valence electrons. The second kappa shape index (κ2) is 8.26. The van der Waals surface area contributed by atoms with E-state index in [4.69, 9.17) is 5.73 Å². The average molecular weight is 424 g/mol. The summed E-state index contributed by atoms with van der Waals surface area (Å²) < 4.78 is 0. The highest BCUT2D eigenvalue weighted by Gasteiger charge is 2.58. The Morgan fingerprint density at radius 3 is 2.23 bits per heavy atom. The van der Waals surface area contributed by atoms with Crippen molar-refractivity contribution >= 4 is 12.0 Å². The van der Waals surface area contributed by atoms with Gasteiger partial charge in [0, 0.05) is 37.6 Å². The van der Waals surface area contributed by atoms with Gasteiger partial charge in [0.05, 0.1) is 11.4 Å². The Bertz CT molecular complexity index is 949. The van der Waals surface area contributed by atoms with E-state index in [2.05, 4.69) is 14.9 Å². The number of nitrogens with two attached hydrogens (primary N) is 1. The summed E-state index contributed by atoms with van der Waals surface area (Å²) in [4.78, 5) is 37.2. The third-order valence-corrected chi connectivity index (χ3v) is 6.96. The smallest absolute Gasteiger partial charge is 0.408 e. The van der Waals surface area contributed by atoms with Crippen LogP contribution in [0.25, 0.3) is 0 Å².